The lowest BCUT2D eigenvalue weighted by molar-refractivity contribution is 0.147. The number of hydrogen-bond donors (Lipinski definition) is 2. The molecule has 0 aromatic carbocycles. The second kappa shape index (κ2) is 24.0. The predicted molar refractivity (Wildman–Crippen MR) is 120 cm³/mol. The molecule has 1 unspecified atom stereocenters. The van der Waals surface area contributed by atoms with E-state index in [1.807, 2.05) is 0 Å². The average molecular weight is 385 g/mol. The van der Waals surface area contributed by atoms with Crippen molar-refractivity contribution >= 4 is 0 Å². The van der Waals surface area contributed by atoms with E-state index in [0.29, 0.717) is 6.61 Å². The monoisotopic (exact) mass is 384 g/mol. The minimum Gasteiger partial charge on any atom is -0.396 e. The highest BCUT2D eigenvalue weighted by molar-refractivity contribution is 4.58. The van der Waals surface area contributed by atoms with Crippen LogP contribution < -0.4 is 0 Å². The van der Waals surface area contributed by atoms with Gasteiger partial charge in [-0.25, -0.2) is 0 Å². The summed E-state index contributed by atoms with van der Waals surface area (Å²) in [6, 6.07) is 0. The van der Waals surface area contributed by atoms with E-state index in [4.69, 9.17) is 5.11 Å². The Labute approximate surface area is 171 Å². The Bertz CT molecular complexity index is 255. The molecule has 0 spiro atoms. The van der Waals surface area contributed by atoms with Gasteiger partial charge in [0.05, 0.1) is 6.10 Å². The average Bonchev–Trinajstić information content (AvgIpc) is 2.67. The molecule has 0 amide bonds. The summed E-state index contributed by atoms with van der Waals surface area (Å²) in [4.78, 5) is 0. The van der Waals surface area contributed by atoms with Crippen molar-refractivity contribution in [2.24, 2.45) is 0 Å². The van der Waals surface area contributed by atoms with Gasteiger partial charge in [-0.3, -0.25) is 0 Å². The van der Waals surface area contributed by atoms with Gasteiger partial charge >= 0.3 is 0 Å². The minimum atomic E-state index is -0.0454. The predicted octanol–water partition coefficient (Wildman–Crippen LogP) is 7.94. The summed E-state index contributed by atoms with van der Waals surface area (Å²) in [6.45, 7) is 2.63. The number of aliphatic hydroxyl groups excluding tert-OH is 2. The van der Waals surface area contributed by atoms with Crippen molar-refractivity contribution in [2.75, 3.05) is 6.61 Å². The fourth-order valence-electron chi connectivity index (χ4n) is 3.92. The lowest BCUT2D eigenvalue weighted by Gasteiger charge is -2.10. The first-order valence-corrected chi connectivity index (χ1v) is 12.6. The van der Waals surface area contributed by atoms with Gasteiger partial charge in [-0.05, 0) is 19.3 Å². The first kappa shape index (κ1) is 26.9. The zero-order valence-corrected chi connectivity index (χ0v) is 18.7. The molecule has 2 N–H and O–H groups in total. The van der Waals surface area contributed by atoms with Crippen LogP contribution in [-0.2, 0) is 0 Å². The smallest absolute Gasteiger partial charge is 0.0540 e. The van der Waals surface area contributed by atoms with Gasteiger partial charge in [0, 0.05) is 6.61 Å². The molecule has 0 saturated carbocycles. The minimum absolute atomic E-state index is 0.0454. The Morgan fingerprint density at radius 2 is 0.741 bits per heavy atom. The van der Waals surface area contributed by atoms with Gasteiger partial charge in [0.1, 0.15) is 0 Å². The van der Waals surface area contributed by atoms with Crippen molar-refractivity contribution in [3.63, 3.8) is 0 Å². The van der Waals surface area contributed by atoms with Crippen molar-refractivity contribution < 1.29 is 10.2 Å². The molecule has 0 fully saturated rings. The summed E-state index contributed by atoms with van der Waals surface area (Å²) in [7, 11) is 0. The summed E-state index contributed by atoms with van der Waals surface area (Å²) in [5.41, 5.74) is 0. The molecule has 1 atom stereocenters. The first-order chi connectivity index (χ1) is 13.3. The number of unbranched alkanes of at least 4 members (excludes halogenated alkanes) is 18. The summed E-state index contributed by atoms with van der Waals surface area (Å²) in [5, 5.41) is 18.8. The third-order valence-corrected chi connectivity index (χ3v) is 5.84. The molecule has 0 aliphatic rings. The fraction of sp³-hybridized carbons (Fsp3) is 1.00. The highest BCUT2D eigenvalue weighted by Crippen LogP contribution is 2.15. The normalized spacial score (nSPS) is 12.6. The highest BCUT2D eigenvalue weighted by Gasteiger charge is 2.03. The molecule has 2 heteroatoms. The molecular formula is C25H52O2. The van der Waals surface area contributed by atoms with Crippen LogP contribution >= 0.6 is 0 Å². The molecule has 0 heterocycles. The van der Waals surface area contributed by atoms with Gasteiger partial charge in [0.15, 0.2) is 0 Å². The Hall–Kier alpha value is -0.0800. The second-order valence-electron chi connectivity index (χ2n) is 8.67. The zero-order chi connectivity index (χ0) is 19.8. The van der Waals surface area contributed by atoms with Crippen molar-refractivity contribution in [1.82, 2.24) is 0 Å². The van der Waals surface area contributed by atoms with Crippen LogP contribution in [-0.4, -0.2) is 22.9 Å². The Kier molecular flexibility index (Phi) is 23.9. The van der Waals surface area contributed by atoms with Gasteiger partial charge in [0.2, 0.25) is 0 Å². The van der Waals surface area contributed by atoms with Crippen LogP contribution in [0.25, 0.3) is 0 Å². The Balaban J connectivity index is 3.11. The van der Waals surface area contributed by atoms with Crippen LogP contribution in [0, 0.1) is 0 Å². The van der Waals surface area contributed by atoms with Crippen LogP contribution in [0.1, 0.15) is 148 Å². The topological polar surface area (TPSA) is 40.5 Å². The molecular weight excluding hydrogens is 332 g/mol. The van der Waals surface area contributed by atoms with Gasteiger partial charge < -0.3 is 10.2 Å². The molecule has 0 rings (SSSR count). The van der Waals surface area contributed by atoms with Gasteiger partial charge in [0.25, 0.3) is 0 Å². The summed E-state index contributed by atoms with van der Waals surface area (Å²) in [6.07, 6.45) is 28.4. The van der Waals surface area contributed by atoms with Gasteiger partial charge in [-0.15, -0.1) is 0 Å². The summed E-state index contributed by atoms with van der Waals surface area (Å²) in [5.74, 6) is 0. The summed E-state index contributed by atoms with van der Waals surface area (Å²) >= 11 is 0. The maximum absolute atomic E-state index is 10.1. The van der Waals surface area contributed by atoms with Crippen molar-refractivity contribution in [2.45, 2.75) is 154 Å². The molecule has 0 aliphatic heterocycles. The SMILES string of the molecule is CCCCCCCCCCC(O)CCCCCCCCCCCCCCO. The van der Waals surface area contributed by atoms with Crippen LogP contribution in [0.5, 0.6) is 0 Å². The largest absolute Gasteiger partial charge is 0.396 e. The van der Waals surface area contributed by atoms with E-state index in [1.165, 1.54) is 122 Å². The second-order valence-corrected chi connectivity index (χ2v) is 8.67. The van der Waals surface area contributed by atoms with E-state index in [-0.39, 0.29) is 6.10 Å². The van der Waals surface area contributed by atoms with E-state index in [1.54, 1.807) is 0 Å². The molecule has 0 bridgehead atoms. The van der Waals surface area contributed by atoms with E-state index in [9.17, 15) is 5.11 Å². The third-order valence-electron chi connectivity index (χ3n) is 5.84. The fourth-order valence-corrected chi connectivity index (χ4v) is 3.92. The number of rotatable bonds is 23. The molecule has 0 aromatic rings. The first-order valence-electron chi connectivity index (χ1n) is 12.6. The molecule has 0 aromatic heterocycles. The van der Waals surface area contributed by atoms with E-state index in [0.717, 1.165) is 19.3 Å². The maximum atomic E-state index is 10.1. The molecule has 0 aliphatic carbocycles. The Morgan fingerprint density at radius 1 is 0.444 bits per heavy atom. The quantitative estimate of drug-likeness (QED) is 0.175. The Morgan fingerprint density at radius 3 is 1.07 bits per heavy atom. The zero-order valence-electron chi connectivity index (χ0n) is 18.7. The maximum Gasteiger partial charge on any atom is 0.0540 e. The van der Waals surface area contributed by atoms with E-state index < -0.39 is 0 Å². The van der Waals surface area contributed by atoms with Crippen molar-refractivity contribution in [3.8, 4) is 0 Å². The van der Waals surface area contributed by atoms with Crippen LogP contribution in [0.4, 0.5) is 0 Å². The van der Waals surface area contributed by atoms with E-state index in [2.05, 4.69) is 6.92 Å². The molecule has 0 radical (unpaired) electrons. The number of aliphatic hydroxyl groups is 2. The van der Waals surface area contributed by atoms with Crippen LogP contribution in [0.15, 0.2) is 0 Å². The van der Waals surface area contributed by atoms with Crippen molar-refractivity contribution in [3.05, 3.63) is 0 Å². The van der Waals surface area contributed by atoms with Gasteiger partial charge in [-0.2, -0.15) is 0 Å². The molecule has 2 nitrogen and oxygen atoms in total. The van der Waals surface area contributed by atoms with E-state index >= 15 is 0 Å². The molecule has 0 saturated heterocycles. The standard InChI is InChI=1S/C25H52O2/c1-2-3-4-5-6-13-16-19-22-25(27)23-20-17-14-11-9-7-8-10-12-15-18-21-24-26/h25-27H,2-24H2,1H3. The van der Waals surface area contributed by atoms with Crippen LogP contribution in [0.3, 0.4) is 0 Å². The third kappa shape index (κ3) is 23.9. The summed E-state index contributed by atoms with van der Waals surface area (Å²) < 4.78 is 0. The molecule has 27 heavy (non-hydrogen) atoms. The van der Waals surface area contributed by atoms with Gasteiger partial charge in [-0.1, -0.05) is 129 Å². The van der Waals surface area contributed by atoms with Crippen LogP contribution in [0.2, 0.25) is 0 Å². The lowest BCUT2D eigenvalue weighted by atomic mass is 10.0. The highest BCUT2D eigenvalue weighted by atomic mass is 16.3. The lowest BCUT2D eigenvalue weighted by Crippen LogP contribution is -2.05. The van der Waals surface area contributed by atoms with Crippen molar-refractivity contribution in [1.29, 1.82) is 0 Å². The molecule has 164 valence electrons. The number of hydrogen-bond acceptors (Lipinski definition) is 2.